The van der Waals surface area contributed by atoms with Crippen molar-refractivity contribution in [1.82, 2.24) is 4.57 Å². The molecule has 0 spiro atoms. The maximum Gasteiger partial charge on any atom is 0.307 e. The highest BCUT2D eigenvalue weighted by molar-refractivity contribution is 7.11. The van der Waals surface area contributed by atoms with Crippen molar-refractivity contribution in [3.05, 3.63) is 38.4 Å². The van der Waals surface area contributed by atoms with E-state index in [0.717, 1.165) is 11.3 Å². The van der Waals surface area contributed by atoms with Crippen LogP contribution in [0.5, 0.6) is 11.5 Å². The van der Waals surface area contributed by atoms with E-state index in [2.05, 4.69) is 5.32 Å². The third-order valence-electron chi connectivity index (χ3n) is 3.14. The first-order valence-electron chi connectivity index (χ1n) is 6.17. The molecule has 21 heavy (non-hydrogen) atoms. The van der Waals surface area contributed by atoms with Gasteiger partial charge in [0.1, 0.15) is 4.88 Å². The van der Waals surface area contributed by atoms with Crippen molar-refractivity contribution < 1.29 is 14.3 Å². The van der Waals surface area contributed by atoms with Crippen LogP contribution in [0.3, 0.4) is 0 Å². The minimum absolute atomic E-state index is 0.162. The van der Waals surface area contributed by atoms with E-state index in [-0.39, 0.29) is 10.8 Å². The Morgan fingerprint density at radius 2 is 1.90 bits per heavy atom. The molecular formula is C14H16N2O4S. The highest BCUT2D eigenvalue weighted by Crippen LogP contribution is 2.30. The van der Waals surface area contributed by atoms with E-state index in [1.807, 2.05) is 0 Å². The zero-order chi connectivity index (χ0) is 15.6. The number of hydrogen-bond acceptors (Lipinski definition) is 5. The number of ether oxygens (including phenoxy) is 2. The van der Waals surface area contributed by atoms with Gasteiger partial charge < -0.3 is 19.4 Å². The lowest BCUT2D eigenvalue weighted by Gasteiger charge is -2.10. The van der Waals surface area contributed by atoms with Gasteiger partial charge in [-0.25, -0.2) is 0 Å². The van der Waals surface area contributed by atoms with Gasteiger partial charge in [0.15, 0.2) is 11.5 Å². The van der Waals surface area contributed by atoms with Crippen LogP contribution in [-0.2, 0) is 7.05 Å². The molecule has 2 rings (SSSR count). The topological polar surface area (TPSA) is 69.6 Å². The molecule has 0 atom stereocenters. The third kappa shape index (κ3) is 2.92. The summed E-state index contributed by atoms with van der Waals surface area (Å²) < 4.78 is 11.8. The minimum Gasteiger partial charge on any atom is -0.493 e. The Bertz CT molecular complexity index is 733. The second-order valence-electron chi connectivity index (χ2n) is 4.37. The maximum absolute atomic E-state index is 12.2. The molecule has 0 unspecified atom stereocenters. The number of hydrogen-bond donors (Lipinski definition) is 1. The number of carbonyl (C=O) groups excluding carboxylic acids is 1. The van der Waals surface area contributed by atoms with Crippen molar-refractivity contribution >= 4 is 22.9 Å². The van der Waals surface area contributed by atoms with Gasteiger partial charge in [-0.1, -0.05) is 11.3 Å². The standard InChI is InChI=1S/C14H16N2O4S/c1-8-12(21-14(18)16(8)2)13(17)15-9-5-6-10(19-3)11(7-9)20-4/h5-7H,1-4H3,(H,15,17). The largest absolute Gasteiger partial charge is 0.493 e. The summed E-state index contributed by atoms with van der Waals surface area (Å²) in [6.45, 7) is 1.74. The number of amides is 1. The van der Waals surface area contributed by atoms with Gasteiger partial charge in [0.25, 0.3) is 5.91 Å². The average Bonchev–Trinajstić information content (AvgIpc) is 2.74. The van der Waals surface area contributed by atoms with Gasteiger partial charge in [-0.3, -0.25) is 9.59 Å². The second-order valence-corrected chi connectivity index (χ2v) is 5.33. The average molecular weight is 308 g/mol. The molecule has 0 aliphatic rings. The number of nitrogens with one attached hydrogen (secondary N) is 1. The lowest BCUT2D eigenvalue weighted by Crippen LogP contribution is -2.13. The third-order valence-corrected chi connectivity index (χ3v) is 4.28. The first-order valence-corrected chi connectivity index (χ1v) is 6.99. The predicted molar refractivity (Wildman–Crippen MR) is 81.8 cm³/mol. The Kier molecular flexibility index (Phi) is 4.32. The second kappa shape index (κ2) is 6.01. The number of nitrogens with zero attached hydrogens (tertiary/aromatic N) is 1. The number of benzene rings is 1. The predicted octanol–water partition coefficient (Wildman–Crippen LogP) is 2.02. The first-order chi connectivity index (χ1) is 9.97. The fourth-order valence-electron chi connectivity index (χ4n) is 1.83. The Morgan fingerprint density at radius 1 is 1.24 bits per heavy atom. The number of aromatic nitrogens is 1. The van der Waals surface area contributed by atoms with Gasteiger partial charge in [-0.15, -0.1) is 0 Å². The van der Waals surface area contributed by atoms with Crippen molar-refractivity contribution in [2.75, 3.05) is 19.5 Å². The molecule has 1 N–H and O–H groups in total. The van der Waals surface area contributed by atoms with Crippen LogP contribution in [0.2, 0.25) is 0 Å². The molecule has 2 aromatic rings. The molecule has 7 heteroatoms. The van der Waals surface area contributed by atoms with Gasteiger partial charge in [0.2, 0.25) is 0 Å². The Labute approximate surface area is 125 Å². The van der Waals surface area contributed by atoms with Crippen molar-refractivity contribution in [1.29, 1.82) is 0 Å². The Balaban J connectivity index is 2.27. The monoisotopic (exact) mass is 308 g/mol. The maximum atomic E-state index is 12.2. The van der Waals surface area contributed by atoms with E-state index in [1.165, 1.54) is 11.7 Å². The molecule has 0 fully saturated rings. The Morgan fingerprint density at radius 3 is 2.43 bits per heavy atom. The molecule has 1 amide bonds. The van der Waals surface area contributed by atoms with Gasteiger partial charge in [-0.2, -0.15) is 0 Å². The van der Waals surface area contributed by atoms with Crippen LogP contribution >= 0.6 is 11.3 Å². The quantitative estimate of drug-likeness (QED) is 0.938. The molecule has 0 saturated carbocycles. The zero-order valence-corrected chi connectivity index (χ0v) is 13.0. The van der Waals surface area contributed by atoms with Gasteiger partial charge in [0.05, 0.1) is 14.2 Å². The smallest absolute Gasteiger partial charge is 0.307 e. The molecule has 0 bridgehead atoms. The van der Waals surface area contributed by atoms with Crippen LogP contribution in [0.4, 0.5) is 5.69 Å². The molecular weight excluding hydrogens is 292 g/mol. The first kappa shape index (κ1) is 15.1. The number of rotatable bonds is 4. The van der Waals surface area contributed by atoms with E-state index in [4.69, 9.17) is 9.47 Å². The van der Waals surface area contributed by atoms with Gasteiger partial charge in [0, 0.05) is 24.5 Å². The van der Waals surface area contributed by atoms with E-state index in [1.54, 1.807) is 39.3 Å². The van der Waals surface area contributed by atoms with Gasteiger partial charge in [-0.05, 0) is 19.1 Å². The van der Waals surface area contributed by atoms with Crippen LogP contribution in [-0.4, -0.2) is 24.7 Å². The van der Waals surface area contributed by atoms with Gasteiger partial charge >= 0.3 is 4.87 Å². The van der Waals surface area contributed by atoms with Crippen molar-refractivity contribution in [3.8, 4) is 11.5 Å². The molecule has 6 nitrogen and oxygen atoms in total. The fourth-order valence-corrected chi connectivity index (χ4v) is 2.71. The normalized spacial score (nSPS) is 10.3. The molecule has 0 radical (unpaired) electrons. The lowest BCUT2D eigenvalue weighted by molar-refractivity contribution is 0.102. The zero-order valence-electron chi connectivity index (χ0n) is 12.2. The minimum atomic E-state index is -0.317. The SMILES string of the molecule is COc1ccc(NC(=O)c2sc(=O)n(C)c2C)cc1OC. The molecule has 0 aliphatic carbocycles. The summed E-state index contributed by atoms with van der Waals surface area (Å²) in [6.07, 6.45) is 0. The molecule has 1 aromatic carbocycles. The van der Waals surface area contributed by atoms with Crippen LogP contribution in [0.15, 0.2) is 23.0 Å². The highest BCUT2D eigenvalue weighted by atomic mass is 32.1. The van der Waals surface area contributed by atoms with Crippen molar-refractivity contribution in [3.63, 3.8) is 0 Å². The number of thiazole rings is 1. The summed E-state index contributed by atoms with van der Waals surface area (Å²) >= 11 is 0.925. The summed E-state index contributed by atoms with van der Waals surface area (Å²) in [5.41, 5.74) is 1.21. The van der Waals surface area contributed by atoms with Crippen LogP contribution < -0.4 is 19.7 Å². The van der Waals surface area contributed by atoms with Crippen LogP contribution in [0, 0.1) is 6.92 Å². The Hall–Kier alpha value is -2.28. The summed E-state index contributed by atoms with van der Waals surface area (Å²) in [5, 5.41) is 2.75. The fraction of sp³-hybridized carbons (Fsp3) is 0.286. The number of anilines is 1. The molecule has 1 aromatic heterocycles. The highest BCUT2D eigenvalue weighted by Gasteiger charge is 2.16. The molecule has 112 valence electrons. The van der Waals surface area contributed by atoms with E-state index >= 15 is 0 Å². The van der Waals surface area contributed by atoms with Crippen LogP contribution in [0.25, 0.3) is 0 Å². The summed E-state index contributed by atoms with van der Waals surface area (Å²) in [4.78, 5) is 24.0. The summed E-state index contributed by atoms with van der Waals surface area (Å²) in [5.74, 6) is 0.784. The molecule has 0 aliphatic heterocycles. The molecule has 0 saturated heterocycles. The van der Waals surface area contributed by atoms with Crippen LogP contribution in [0.1, 0.15) is 15.4 Å². The number of carbonyl (C=O) groups is 1. The van der Waals surface area contributed by atoms with Crippen molar-refractivity contribution in [2.45, 2.75) is 6.92 Å². The number of methoxy groups -OCH3 is 2. The van der Waals surface area contributed by atoms with E-state index < -0.39 is 0 Å². The summed E-state index contributed by atoms with van der Waals surface area (Å²) in [6, 6.07) is 5.08. The molecule has 1 heterocycles. The van der Waals surface area contributed by atoms with Crippen molar-refractivity contribution in [2.24, 2.45) is 7.05 Å². The lowest BCUT2D eigenvalue weighted by atomic mass is 10.2. The summed E-state index contributed by atoms with van der Waals surface area (Å²) in [7, 11) is 4.71. The van der Waals surface area contributed by atoms with E-state index in [0.29, 0.717) is 27.8 Å². The van der Waals surface area contributed by atoms with E-state index in [9.17, 15) is 9.59 Å².